The van der Waals surface area contributed by atoms with Crippen molar-refractivity contribution in [2.45, 2.75) is 18.4 Å². The molecule has 5 heteroatoms. The van der Waals surface area contributed by atoms with Gasteiger partial charge in [-0.25, -0.2) is 4.79 Å². The van der Waals surface area contributed by atoms with Crippen LogP contribution >= 0.6 is 0 Å². The molecule has 0 radical (unpaired) electrons. The third kappa shape index (κ3) is 1.80. The predicted octanol–water partition coefficient (Wildman–Crippen LogP) is 1.35. The highest BCUT2D eigenvalue weighted by Crippen LogP contribution is 2.34. The number of nitrogen functional groups attached to an aromatic ring is 1. The number of hydrogen-bond donors (Lipinski definition) is 2. The minimum atomic E-state index is -0.377. The molecule has 2 fully saturated rings. The molecule has 1 spiro atoms. The Kier molecular flexibility index (Phi) is 2.63. The summed E-state index contributed by atoms with van der Waals surface area (Å²) in [6, 6.07) is 7.39. The molecule has 2 saturated heterocycles. The third-order valence-electron chi connectivity index (χ3n) is 3.63. The van der Waals surface area contributed by atoms with Crippen molar-refractivity contribution in [2.24, 2.45) is 0 Å². The van der Waals surface area contributed by atoms with Crippen LogP contribution in [0.3, 0.4) is 0 Å². The summed E-state index contributed by atoms with van der Waals surface area (Å²) in [7, 11) is 0. The van der Waals surface area contributed by atoms with E-state index in [-0.39, 0.29) is 11.7 Å². The van der Waals surface area contributed by atoms with E-state index in [1.54, 1.807) is 11.0 Å². The number of amides is 1. The molecule has 1 aromatic rings. The van der Waals surface area contributed by atoms with Crippen molar-refractivity contribution in [1.82, 2.24) is 5.32 Å². The van der Waals surface area contributed by atoms with Crippen molar-refractivity contribution < 1.29 is 9.53 Å². The Balaban J connectivity index is 1.87. The average Bonchev–Trinajstić information content (AvgIpc) is 2.67. The van der Waals surface area contributed by atoms with Gasteiger partial charge in [0.2, 0.25) is 0 Å². The number of ether oxygens (including phenoxy) is 1. The van der Waals surface area contributed by atoms with E-state index in [1.807, 2.05) is 18.2 Å². The Labute approximate surface area is 106 Å². The van der Waals surface area contributed by atoms with E-state index in [0.717, 1.165) is 31.6 Å². The second kappa shape index (κ2) is 4.17. The van der Waals surface area contributed by atoms with Crippen LogP contribution < -0.4 is 16.0 Å². The molecular weight excluding hydrogens is 230 g/mol. The van der Waals surface area contributed by atoms with E-state index in [1.165, 1.54) is 0 Å². The molecule has 1 atom stereocenters. The standard InChI is InChI=1S/C13H17N3O2/c14-10-4-1-2-5-11(10)16-9-13(18-12(16)17)6-3-7-15-8-13/h1-2,4-5,15H,3,6-9,14H2. The third-order valence-corrected chi connectivity index (χ3v) is 3.63. The second-order valence-electron chi connectivity index (χ2n) is 4.98. The van der Waals surface area contributed by atoms with Gasteiger partial charge in [0, 0.05) is 6.54 Å². The number of carbonyl (C=O) groups is 1. The van der Waals surface area contributed by atoms with Crippen molar-refractivity contribution in [3.8, 4) is 0 Å². The van der Waals surface area contributed by atoms with E-state index >= 15 is 0 Å². The topological polar surface area (TPSA) is 67.6 Å². The van der Waals surface area contributed by atoms with Crippen molar-refractivity contribution in [3.63, 3.8) is 0 Å². The van der Waals surface area contributed by atoms with Gasteiger partial charge in [-0.05, 0) is 31.5 Å². The normalized spacial score (nSPS) is 27.6. The molecule has 18 heavy (non-hydrogen) atoms. The van der Waals surface area contributed by atoms with Crippen LogP contribution in [0.15, 0.2) is 24.3 Å². The van der Waals surface area contributed by atoms with Crippen molar-refractivity contribution in [2.75, 3.05) is 30.3 Å². The molecular formula is C13H17N3O2. The molecule has 0 aliphatic carbocycles. The van der Waals surface area contributed by atoms with Crippen LogP contribution in [-0.4, -0.2) is 31.3 Å². The first-order valence-corrected chi connectivity index (χ1v) is 6.26. The van der Waals surface area contributed by atoms with Crippen LogP contribution in [-0.2, 0) is 4.74 Å². The molecule has 1 aromatic carbocycles. The molecule has 2 heterocycles. The van der Waals surface area contributed by atoms with Crippen molar-refractivity contribution in [3.05, 3.63) is 24.3 Å². The minimum absolute atomic E-state index is 0.295. The molecule has 0 bridgehead atoms. The average molecular weight is 247 g/mol. The summed E-state index contributed by atoms with van der Waals surface area (Å²) in [6.45, 7) is 2.29. The number of rotatable bonds is 1. The molecule has 0 aromatic heterocycles. The quantitative estimate of drug-likeness (QED) is 0.735. The maximum Gasteiger partial charge on any atom is 0.415 e. The van der Waals surface area contributed by atoms with E-state index < -0.39 is 0 Å². The Morgan fingerprint density at radius 1 is 1.39 bits per heavy atom. The fourth-order valence-electron chi connectivity index (χ4n) is 2.70. The number of anilines is 2. The van der Waals surface area contributed by atoms with Crippen LogP contribution in [0.2, 0.25) is 0 Å². The van der Waals surface area contributed by atoms with Crippen molar-refractivity contribution >= 4 is 17.5 Å². The number of benzene rings is 1. The molecule has 1 unspecified atom stereocenters. The van der Waals surface area contributed by atoms with Crippen LogP contribution in [0.4, 0.5) is 16.2 Å². The van der Waals surface area contributed by atoms with E-state index in [0.29, 0.717) is 12.2 Å². The lowest BCUT2D eigenvalue weighted by Crippen LogP contribution is -2.48. The van der Waals surface area contributed by atoms with E-state index in [2.05, 4.69) is 5.32 Å². The van der Waals surface area contributed by atoms with Gasteiger partial charge in [0.15, 0.2) is 0 Å². The maximum absolute atomic E-state index is 12.0. The predicted molar refractivity (Wildman–Crippen MR) is 69.5 cm³/mol. The maximum atomic E-state index is 12.0. The van der Waals surface area contributed by atoms with Crippen LogP contribution in [0, 0.1) is 0 Å². The zero-order chi connectivity index (χ0) is 12.6. The first-order chi connectivity index (χ1) is 8.70. The number of para-hydroxylation sites is 2. The van der Waals surface area contributed by atoms with Crippen LogP contribution in [0.1, 0.15) is 12.8 Å². The second-order valence-corrected chi connectivity index (χ2v) is 4.98. The number of nitrogens with one attached hydrogen (secondary N) is 1. The summed E-state index contributed by atoms with van der Waals surface area (Å²) in [5, 5.41) is 3.29. The number of hydrogen-bond acceptors (Lipinski definition) is 4. The van der Waals surface area contributed by atoms with Gasteiger partial charge in [-0.2, -0.15) is 0 Å². The zero-order valence-electron chi connectivity index (χ0n) is 10.2. The van der Waals surface area contributed by atoms with Gasteiger partial charge in [0.1, 0.15) is 5.60 Å². The van der Waals surface area contributed by atoms with Gasteiger partial charge in [0.05, 0.1) is 17.9 Å². The fraction of sp³-hybridized carbons (Fsp3) is 0.462. The molecule has 2 aliphatic rings. The lowest BCUT2D eigenvalue weighted by atomic mass is 9.94. The summed E-state index contributed by atoms with van der Waals surface area (Å²) in [5.41, 5.74) is 6.89. The smallest absolute Gasteiger partial charge is 0.415 e. The van der Waals surface area contributed by atoms with Gasteiger partial charge in [-0.3, -0.25) is 4.90 Å². The number of carbonyl (C=O) groups excluding carboxylic acids is 1. The monoisotopic (exact) mass is 247 g/mol. The summed E-state index contributed by atoms with van der Waals surface area (Å²) in [6.07, 6.45) is 1.65. The highest BCUT2D eigenvalue weighted by molar-refractivity contribution is 5.93. The molecule has 3 rings (SSSR count). The van der Waals surface area contributed by atoms with Crippen LogP contribution in [0.25, 0.3) is 0 Å². The number of piperidine rings is 1. The highest BCUT2D eigenvalue weighted by Gasteiger charge is 2.46. The van der Waals surface area contributed by atoms with Gasteiger partial charge >= 0.3 is 6.09 Å². The SMILES string of the molecule is Nc1ccccc1N1CC2(CCCNC2)OC1=O. The number of nitrogens with two attached hydrogens (primary N) is 1. The zero-order valence-corrected chi connectivity index (χ0v) is 10.2. The molecule has 0 saturated carbocycles. The van der Waals surface area contributed by atoms with Crippen LogP contribution in [0.5, 0.6) is 0 Å². The summed E-state index contributed by atoms with van der Waals surface area (Å²) < 4.78 is 5.58. The Morgan fingerprint density at radius 3 is 2.94 bits per heavy atom. The molecule has 2 aliphatic heterocycles. The van der Waals surface area contributed by atoms with E-state index in [9.17, 15) is 4.79 Å². The highest BCUT2D eigenvalue weighted by atomic mass is 16.6. The lowest BCUT2D eigenvalue weighted by molar-refractivity contribution is 0.0366. The van der Waals surface area contributed by atoms with Gasteiger partial charge in [-0.15, -0.1) is 0 Å². The largest absolute Gasteiger partial charge is 0.439 e. The fourth-order valence-corrected chi connectivity index (χ4v) is 2.70. The van der Waals surface area contributed by atoms with Gasteiger partial charge in [0.25, 0.3) is 0 Å². The Hall–Kier alpha value is -1.75. The minimum Gasteiger partial charge on any atom is -0.439 e. The van der Waals surface area contributed by atoms with Gasteiger partial charge in [-0.1, -0.05) is 12.1 Å². The molecule has 3 N–H and O–H groups in total. The molecule has 1 amide bonds. The van der Waals surface area contributed by atoms with Gasteiger partial charge < -0.3 is 15.8 Å². The van der Waals surface area contributed by atoms with Crippen molar-refractivity contribution in [1.29, 1.82) is 0 Å². The summed E-state index contributed by atoms with van der Waals surface area (Å²) in [5.74, 6) is 0. The Morgan fingerprint density at radius 2 is 2.22 bits per heavy atom. The summed E-state index contributed by atoms with van der Waals surface area (Å²) >= 11 is 0. The Bertz CT molecular complexity index is 469. The molecule has 96 valence electrons. The number of nitrogens with zero attached hydrogens (tertiary/aromatic N) is 1. The lowest BCUT2D eigenvalue weighted by Gasteiger charge is -2.31. The molecule has 5 nitrogen and oxygen atoms in total. The first kappa shape index (κ1) is 11.3. The first-order valence-electron chi connectivity index (χ1n) is 6.26. The van der Waals surface area contributed by atoms with E-state index in [4.69, 9.17) is 10.5 Å². The summed E-state index contributed by atoms with van der Waals surface area (Å²) in [4.78, 5) is 13.7.